The van der Waals surface area contributed by atoms with Crippen LogP contribution in [0.5, 0.6) is 0 Å². The third kappa shape index (κ3) is 5.18. The predicted molar refractivity (Wildman–Crippen MR) is 119 cm³/mol. The smallest absolute Gasteiger partial charge is 0.226 e. The van der Waals surface area contributed by atoms with Crippen LogP contribution in [0, 0.1) is 28.6 Å². The lowest BCUT2D eigenvalue weighted by Gasteiger charge is -2.50. The van der Waals surface area contributed by atoms with Crippen molar-refractivity contribution < 1.29 is 14.3 Å². The van der Waals surface area contributed by atoms with E-state index >= 15 is 0 Å². The van der Waals surface area contributed by atoms with Crippen LogP contribution in [0.15, 0.2) is 0 Å². The van der Waals surface area contributed by atoms with Crippen molar-refractivity contribution in [1.29, 1.82) is 0 Å². The van der Waals surface area contributed by atoms with Gasteiger partial charge in [0.2, 0.25) is 11.8 Å². The first-order valence-electron chi connectivity index (χ1n) is 12.3. The third-order valence-electron chi connectivity index (χ3n) is 7.64. The summed E-state index contributed by atoms with van der Waals surface area (Å²) in [6.45, 7) is 13.3. The third-order valence-corrected chi connectivity index (χ3v) is 7.64. The molecular formula is C24H43N3O3. The average Bonchev–Trinajstić information content (AvgIpc) is 3.15. The maximum absolute atomic E-state index is 12.7. The van der Waals surface area contributed by atoms with Gasteiger partial charge in [0.25, 0.3) is 0 Å². The zero-order chi connectivity index (χ0) is 21.8. The Hall–Kier alpha value is -1.14. The first-order valence-corrected chi connectivity index (χ1v) is 12.3. The minimum Gasteiger partial charge on any atom is -0.379 e. The quantitative estimate of drug-likeness (QED) is 0.620. The van der Waals surface area contributed by atoms with Crippen molar-refractivity contribution in [1.82, 2.24) is 15.5 Å². The predicted octanol–water partition coefficient (Wildman–Crippen LogP) is 2.82. The molecule has 2 N–H and O–H groups in total. The fourth-order valence-electron chi connectivity index (χ4n) is 5.46. The molecule has 0 radical (unpaired) electrons. The molecule has 0 aromatic heterocycles. The van der Waals surface area contributed by atoms with Crippen LogP contribution in [-0.2, 0) is 14.3 Å². The maximum atomic E-state index is 12.7. The number of ether oxygens (including phenoxy) is 1. The second-order valence-electron chi connectivity index (χ2n) is 10.4. The minimum absolute atomic E-state index is 0.0397. The number of rotatable bonds is 7. The minimum atomic E-state index is -0.0677. The summed E-state index contributed by atoms with van der Waals surface area (Å²) >= 11 is 0. The summed E-state index contributed by atoms with van der Waals surface area (Å²) in [7, 11) is 0. The molecule has 6 nitrogen and oxygen atoms in total. The first kappa shape index (κ1) is 23.5. The normalized spacial score (nSPS) is 29.0. The number of carbonyl (C=O) groups excluding carboxylic acids is 2. The van der Waals surface area contributed by atoms with E-state index in [0.717, 1.165) is 32.7 Å². The Balaban J connectivity index is 0.00000124. The summed E-state index contributed by atoms with van der Waals surface area (Å²) in [5, 5.41) is 6.45. The summed E-state index contributed by atoms with van der Waals surface area (Å²) in [6.07, 6.45) is 7.61. The zero-order valence-electron chi connectivity index (χ0n) is 19.6. The average molecular weight is 422 g/mol. The van der Waals surface area contributed by atoms with E-state index in [1.165, 1.54) is 32.1 Å². The molecule has 2 aliphatic heterocycles. The summed E-state index contributed by atoms with van der Waals surface area (Å²) in [4.78, 5) is 27.3. The van der Waals surface area contributed by atoms with Crippen molar-refractivity contribution in [2.75, 3.05) is 45.9 Å². The second-order valence-corrected chi connectivity index (χ2v) is 10.4. The van der Waals surface area contributed by atoms with Crippen molar-refractivity contribution in [3.63, 3.8) is 0 Å². The highest BCUT2D eigenvalue weighted by atomic mass is 16.5. The van der Waals surface area contributed by atoms with Crippen LogP contribution in [0.25, 0.3) is 0 Å². The molecule has 2 saturated carbocycles. The monoisotopic (exact) mass is 421 g/mol. The Morgan fingerprint density at radius 2 is 1.77 bits per heavy atom. The molecule has 4 aliphatic rings. The van der Waals surface area contributed by atoms with E-state index in [0.29, 0.717) is 25.6 Å². The van der Waals surface area contributed by atoms with Gasteiger partial charge in [-0.15, -0.1) is 0 Å². The SMILES string of the molecule is CC.CC1(C)CC1C(=O)N1CC2(CNCC2C(=O)NCCOCC2CCCCC2)C1. The molecule has 4 fully saturated rings. The van der Waals surface area contributed by atoms with Gasteiger partial charge in [0.15, 0.2) is 0 Å². The number of nitrogens with zero attached hydrogens (tertiary/aromatic N) is 1. The van der Waals surface area contributed by atoms with Gasteiger partial charge in [-0.25, -0.2) is 0 Å². The van der Waals surface area contributed by atoms with Gasteiger partial charge in [-0.05, 0) is 30.6 Å². The second kappa shape index (κ2) is 9.99. The van der Waals surface area contributed by atoms with Crippen molar-refractivity contribution in [2.45, 2.75) is 66.2 Å². The molecule has 2 amide bonds. The van der Waals surface area contributed by atoms with Crippen molar-refractivity contribution in [3.05, 3.63) is 0 Å². The standard InChI is InChI=1S/C22H37N3O3.C2H6/c1-21(2)10-17(21)20(27)25-14-22(15-25)13-23-11-18(22)19(26)24-8-9-28-12-16-6-4-3-5-7-16;1-2/h16-18,23H,3-15H2,1-2H3,(H,24,26);1-2H3. The Morgan fingerprint density at radius 3 is 2.40 bits per heavy atom. The molecule has 0 aromatic carbocycles. The van der Waals surface area contributed by atoms with Gasteiger partial charge in [0.1, 0.15) is 0 Å². The molecule has 2 saturated heterocycles. The molecule has 1 spiro atoms. The molecule has 2 aliphatic carbocycles. The van der Waals surface area contributed by atoms with Crippen LogP contribution >= 0.6 is 0 Å². The van der Waals surface area contributed by atoms with Crippen molar-refractivity contribution in [2.24, 2.45) is 28.6 Å². The van der Waals surface area contributed by atoms with Gasteiger partial charge in [0, 0.05) is 50.7 Å². The summed E-state index contributed by atoms with van der Waals surface area (Å²) in [5.74, 6) is 1.26. The largest absolute Gasteiger partial charge is 0.379 e. The number of likely N-dealkylation sites (tertiary alicyclic amines) is 1. The van der Waals surface area contributed by atoms with Crippen LogP contribution in [-0.4, -0.2) is 62.7 Å². The molecular weight excluding hydrogens is 378 g/mol. The molecule has 2 heterocycles. The lowest BCUT2D eigenvalue weighted by molar-refractivity contribution is -0.151. The highest BCUT2D eigenvalue weighted by Crippen LogP contribution is 2.54. The van der Waals surface area contributed by atoms with Gasteiger partial charge >= 0.3 is 0 Å². The zero-order valence-corrected chi connectivity index (χ0v) is 19.6. The molecule has 0 aromatic rings. The Kier molecular flexibility index (Phi) is 7.83. The number of carbonyl (C=O) groups is 2. The number of amides is 2. The number of nitrogens with one attached hydrogen (secondary N) is 2. The van der Waals surface area contributed by atoms with Gasteiger partial charge in [-0.2, -0.15) is 0 Å². The molecule has 0 bridgehead atoms. The van der Waals surface area contributed by atoms with Crippen LogP contribution in [0.4, 0.5) is 0 Å². The fraction of sp³-hybridized carbons (Fsp3) is 0.917. The van der Waals surface area contributed by atoms with E-state index in [-0.39, 0.29) is 34.5 Å². The van der Waals surface area contributed by atoms with Crippen LogP contribution < -0.4 is 10.6 Å². The Bertz CT molecular complexity index is 595. The van der Waals surface area contributed by atoms with Crippen LogP contribution in [0.1, 0.15) is 66.2 Å². The summed E-state index contributed by atoms with van der Waals surface area (Å²) in [5.41, 5.74) is 0.101. The fourth-order valence-corrected chi connectivity index (χ4v) is 5.46. The lowest BCUT2D eigenvalue weighted by Crippen LogP contribution is -2.64. The van der Waals surface area contributed by atoms with Crippen LogP contribution in [0.2, 0.25) is 0 Å². The van der Waals surface area contributed by atoms with Gasteiger partial charge in [-0.1, -0.05) is 47.0 Å². The number of hydrogen-bond acceptors (Lipinski definition) is 4. The van der Waals surface area contributed by atoms with Crippen molar-refractivity contribution >= 4 is 11.8 Å². The topological polar surface area (TPSA) is 70.7 Å². The van der Waals surface area contributed by atoms with E-state index in [2.05, 4.69) is 24.5 Å². The van der Waals surface area contributed by atoms with Crippen LogP contribution in [0.3, 0.4) is 0 Å². The summed E-state index contributed by atoms with van der Waals surface area (Å²) < 4.78 is 5.80. The highest BCUT2D eigenvalue weighted by molar-refractivity contribution is 5.85. The molecule has 4 rings (SSSR count). The van der Waals surface area contributed by atoms with E-state index < -0.39 is 0 Å². The van der Waals surface area contributed by atoms with E-state index in [1.807, 2.05) is 18.7 Å². The molecule has 2 atom stereocenters. The van der Waals surface area contributed by atoms with Gasteiger partial charge in [-0.3, -0.25) is 9.59 Å². The summed E-state index contributed by atoms with van der Waals surface area (Å²) in [6, 6.07) is 0. The molecule has 2 unspecified atom stereocenters. The molecule has 172 valence electrons. The highest BCUT2D eigenvalue weighted by Gasteiger charge is 2.59. The Morgan fingerprint density at radius 1 is 1.10 bits per heavy atom. The maximum Gasteiger partial charge on any atom is 0.226 e. The van der Waals surface area contributed by atoms with E-state index in [4.69, 9.17) is 4.74 Å². The molecule has 30 heavy (non-hydrogen) atoms. The molecule has 6 heteroatoms. The Labute approximate surface area is 182 Å². The van der Waals surface area contributed by atoms with Gasteiger partial charge < -0.3 is 20.3 Å². The van der Waals surface area contributed by atoms with Gasteiger partial charge in [0.05, 0.1) is 12.5 Å². The first-order chi connectivity index (χ1) is 14.4. The van der Waals surface area contributed by atoms with E-state index in [9.17, 15) is 9.59 Å². The number of hydrogen-bond donors (Lipinski definition) is 2. The van der Waals surface area contributed by atoms with E-state index in [1.54, 1.807) is 0 Å². The lowest BCUT2D eigenvalue weighted by atomic mass is 9.71. The van der Waals surface area contributed by atoms with Crippen molar-refractivity contribution in [3.8, 4) is 0 Å².